The van der Waals surface area contributed by atoms with Gasteiger partial charge < -0.3 is 20.1 Å². The third-order valence-corrected chi connectivity index (χ3v) is 7.36. The number of methoxy groups -OCH3 is 2. The highest BCUT2D eigenvalue weighted by Gasteiger charge is 2.36. The molecule has 0 radical (unpaired) electrons. The van der Waals surface area contributed by atoms with Gasteiger partial charge in [-0.15, -0.1) is 22.9 Å². The van der Waals surface area contributed by atoms with Crippen LogP contribution in [0.1, 0.15) is 0 Å². The second kappa shape index (κ2) is 8.17. The van der Waals surface area contributed by atoms with Crippen LogP contribution >= 0.6 is 35.2 Å². The van der Waals surface area contributed by atoms with Gasteiger partial charge in [0, 0.05) is 10.9 Å². The Kier molecular flexibility index (Phi) is 6.09. The van der Waals surface area contributed by atoms with Crippen LogP contribution in [-0.2, 0) is 9.84 Å². The Morgan fingerprint density at radius 2 is 2.04 bits per heavy atom. The molecule has 1 fully saturated rings. The van der Waals surface area contributed by atoms with E-state index in [4.69, 9.17) is 33.3 Å². The van der Waals surface area contributed by atoms with Crippen molar-refractivity contribution in [3.8, 4) is 22.8 Å². The Hall–Kier alpha value is -1.62. The maximum atomic E-state index is 11.6. The van der Waals surface area contributed by atoms with Crippen LogP contribution in [0.3, 0.4) is 0 Å². The van der Waals surface area contributed by atoms with Crippen LogP contribution < -0.4 is 20.1 Å². The fourth-order valence-corrected chi connectivity index (χ4v) is 6.28. The van der Waals surface area contributed by atoms with Gasteiger partial charge in [-0.3, -0.25) is 0 Å². The minimum absolute atomic E-state index is 0.0300. The van der Waals surface area contributed by atoms with Crippen LogP contribution in [0, 0.1) is 0 Å². The first kappa shape index (κ1) is 20.1. The van der Waals surface area contributed by atoms with Crippen molar-refractivity contribution in [2.45, 2.75) is 11.4 Å². The molecule has 1 aromatic carbocycles. The molecule has 0 amide bonds. The number of halogens is 1. The normalized spacial score (nSPS) is 20.9. The summed E-state index contributed by atoms with van der Waals surface area (Å²) in [5.41, 5.74) is 1.63. The number of thiazole rings is 1. The van der Waals surface area contributed by atoms with Crippen molar-refractivity contribution in [2.75, 3.05) is 31.0 Å². The van der Waals surface area contributed by atoms with Crippen molar-refractivity contribution in [3.63, 3.8) is 0 Å². The maximum absolute atomic E-state index is 11.6. The van der Waals surface area contributed by atoms with Crippen LogP contribution in [0.15, 0.2) is 23.6 Å². The highest BCUT2D eigenvalue weighted by molar-refractivity contribution is 7.91. The first-order chi connectivity index (χ1) is 12.8. The van der Waals surface area contributed by atoms with Crippen molar-refractivity contribution in [1.82, 2.24) is 10.3 Å². The first-order valence-electron chi connectivity index (χ1n) is 7.91. The van der Waals surface area contributed by atoms with Gasteiger partial charge in [-0.25, -0.2) is 13.4 Å². The lowest BCUT2D eigenvalue weighted by Gasteiger charge is -2.16. The minimum atomic E-state index is -3.12. The average molecular weight is 448 g/mol. The number of hydrogen-bond acceptors (Lipinski definition) is 7. The lowest BCUT2D eigenvalue weighted by Crippen LogP contribution is -2.42. The molecule has 3 rings (SSSR count). The lowest BCUT2D eigenvalue weighted by atomic mass is 10.1. The highest BCUT2D eigenvalue weighted by Crippen LogP contribution is 2.33. The van der Waals surface area contributed by atoms with Gasteiger partial charge >= 0.3 is 0 Å². The zero-order chi connectivity index (χ0) is 19.6. The Bertz CT molecular complexity index is 948. The van der Waals surface area contributed by atoms with E-state index in [-0.39, 0.29) is 16.6 Å². The SMILES string of the molecule is COc1ccc(-c2csc(NC(=S)N[C@@H]3CS(=O)(=O)C[C@H]3Cl)n2)cc1OC. The number of nitrogens with one attached hydrogen (secondary N) is 2. The molecule has 11 heteroatoms. The van der Waals surface area contributed by atoms with Crippen LogP contribution in [0.4, 0.5) is 5.13 Å². The van der Waals surface area contributed by atoms with Gasteiger partial charge in [-0.05, 0) is 30.4 Å². The predicted molar refractivity (Wildman–Crippen MR) is 112 cm³/mol. The van der Waals surface area contributed by atoms with Gasteiger partial charge in [-0.1, -0.05) is 0 Å². The molecular weight excluding hydrogens is 430 g/mol. The van der Waals surface area contributed by atoms with Crippen molar-refractivity contribution in [2.24, 2.45) is 0 Å². The molecule has 2 atom stereocenters. The number of aromatic nitrogens is 1. The molecule has 1 aliphatic heterocycles. The summed E-state index contributed by atoms with van der Waals surface area (Å²) in [4.78, 5) is 4.51. The van der Waals surface area contributed by atoms with Crippen molar-refractivity contribution >= 4 is 55.2 Å². The number of hydrogen-bond donors (Lipinski definition) is 2. The molecule has 0 aliphatic carbocycles. The van der Waals surface area contributed by atoms with Crippen molar-refractivity contribution in [3.05, 3.63) is 23.6 Å². The molecule has 2 aromatic rings. The average Bonchev–Trinajstić information content (AvgIpc) is 3.17. The Morgan fingerprint density at radius 3 is 2.67 bits per heavy atom. The number of benzene rings is 1. The van der Waals surface area contributed by atoms with E-state index in [1.165, 1.54) is 11.3 Å². The third kappa shape index (κ3) is 4.81. The molecule has 0 bridgehead atoms. The number of rotatable bonds is 5. The summed E-state index contributed by atoms with van der Waals surface area (Å²) in [5, 5.41) is 8.19. The van der Waals surface area contributed by atoms with E-state index >= 15 is 0 Å². The molecule has 0 unspecified atom stereocenters. The van der Waals surface area contributed by atoms with Gasteiger partial charge in [0.15, 0.2) is 31.6 Å². The van der Waals surface area contributed by atoms with Gasteiger partial charge in [0.2, 0.25) is 0 Å². The standard InChI is InChI=1S/C16H18ClN3O4S3/c1-23-13-4-3-9(5-14(13)24-2)11-6-26-16(19-11)20-15(25)18-12-8-27(21,22)7-10(12)17/h3-6,10,12H,7-8H2,1-2H3,(H2,18,19,20,25)/t10-,12-/m1/s1. The Morgan fingerprint density at radius 1 is 1.30 bits per heavy atom. The summed E-state index contributed by atoms with van der Waals surface area (Å²) in [6.45, 7) is 0. The van der Waals surface area contributed by atoms with Crippen LogP contribution in [0.5, 0.6) is 11.5 Å². The number of alkyl halides is 1. The molecule has 7 nitrogen and oxygen atoms in total. The number of nitrogens with zero attached hydrogens (tertiary/aromatic N) is 1. The highest BCUT2D eigenvalue weighted by atomic mass is 35.5. The van der Waals surface area contributed by atoms with Crippen LogP contribution in [0.2, 0.25) is 0 Å². The zero-order valence-electron chi connectivity index (χ0n) is 14.6. The predicted octanol–water partition coefficient (Wildman–Crippen LogP) is 2.52. The van der Waals surface area contributed by atoms with E-state index in [2.05, 4.69) is 15.6 Å². The van der Waals surface area contributed by atoms with E-state index < -0.39 is 21.3 Å². The second-order valence-corrected chi connectivity index (χ2v) is 9.89. The summed E-state index contributed by atoms with van der Waals surface area (Å²) in [6, 6.07) is 5.13. The van der Waals surface area contributed by atoms with Gasteiger partial charge in [0.25, 0.3) is 0 Å². The van der Waals surface area contributed by atoms with Gasteiger partial charge in [-0.2, -0.15) is 0 Å². The number of anilines is 1. The summed E-state index contributed by atoms with van der Waals surface area (Å²) < 4.78 is 33.8. The van der Waals surface area contributed by atoms with E-state index in [9.17, 15) is 8.42 Å². The molecule has 146 valence electrons. The fraction of sp³-hybridized carbons (Fsp3) is 0.375. The van der Waals surface area contributed by atoms with Crippen LogP contribution in [-0.4, -0.2) is 55.7 Å². The molecule has 27 heavy (non-hydrogen) atoms. The molecular formula is C16H18ClN3O4S3. The summed E-state index contributed by atoms with van der Waals surface area (Å²) in [7, 11) is 0.0328. The number of thiocarbonyl (C=S) groups is 1. The van der Waals surface area contributed by atoms with E-state index in [1.807, 2.05) is 23.6 Å². The minimum Gasteiger partial charge on any atom is -0.493 e. The van der Waals surface area contributed by atoms with E-state index in [0.29, 0.717) is 16.6 Å². The topological polar surface area (TPSA) is 89.6 Å². The van der Waals surface area contributed by atoms with Crippen molar-refractivity contribution in [1.29, 1.82) is 0 Å². The molecule has 2 N–H and O–H groups in total. The summed E-state index contributed by atoms with van der Waals surface area (Å²) in [5.74, 6) is 1.18. The quantitative estimate of drug-likeness (QED) is 0.533. The third-order valence-electron chi connectivity index (χ3n) is 4.00. The summed E-state index contributed by atoms with van der Waals surface area (Å²) in [6.07, 6.45) is 0. The number of sulfone groups is 1. The molecule has 2 heterocycles. The molecule has 1 aliphatic rings. The van der Waals surface area contributed by atoms with E-state index in [0.717, 1.165) is 11.3 Å². The lowest BCUT2D eigenvalue weighted by molar-refractivity contribution is 0.355. The Balaban J connectivity index is 1.67. The second-order valence-electron chi connectivity index (χ2n) is 5.91. The fourth-order valence-electron chi connectivity index (χ4n) is 2.70. The molecule has 0 saturated carbocycles. The maximum Gasteiger partial charge on any atom is 0.189 e. The van der Waals surface area contributed by atoms with Crippen molar-refractivity contribution < 1.29 is 17.9 Å². The monoisotopic (exact) mass is 447 g/mol. The molecule has 0 spiro atoms. The zero-order valence-corrected chi connectivity index (χ0v) is 17.8. The Labute approximate surface area is 172 Å². The van der Waals surface area contributed by atoms with Crippen LogP contribution in [0.25, 0.3) is 11.3 Å². The molecule has 1 aromatic heterocycles. The van der Waals surface area contributed by atoms with E-state index in [1.54, 1.807) is 14.2 Å². The number of ether oxygens (including phenoxy) is 2. The van der Waals surface area contributed by atoms with Gasteiger partial charge in [0.1, 0.15) is 0 Å². The largest absolute Gasteiger partial charge is 0.493 e. The summed E-state index contributed by atoms with van der Waals surface area (Å²) >= 11 is 12.7. The molecule has 1 saturated heterocycles. The smallest absolute Gasteiger partial charge is 0.189 e. The van der Waals surface area contributed by atoms with Gasteiger partial charge in [0.05, 0.1) is 42.8 Å². The first-order valence-corrected chi connectivity index (χ1v) is 11.5.